The van der Waals surface area contributed by atoms with Crippen molar-refractivity contribution >= 4 is 15.7 Å². The van der Waals surface area contributed by atoms with Gasteiger partial charge in [-0.05, 0) is 63.6 Å². The molecule has 1 aromatic carbocycles. The van der Waals surface area contributed by atoms with Crippen molar-refractivity contribution in [2.24, 2.45) is 0 Å². The normalized spacial score (nSPS) is 15.2. The van der Waals surface area contributed by atoms with Crippen LogP contribution in [0.15, 0.2) is 40.8 Å². The first-order valence-corrected chi connectivity index (χ1v) is 10.2. The average Bonchev–Trinajstić information content (AvgIpc) is 2.56. The zero-order valence-corrected chi connectivity index (χ0v) is 15.4. The molecule has 0 saturated carbocycles. The van der Waals surface area contributed by atoms with Crippen molar-refractivity contribution in [2.45, 2.75) is 62.5 Å². The molecular formula is C19H27NO3S. The van der Waals surface area contributed by atoms with Gasteiger partial charge in [0, 0.05) is 6.54 Å². The van der Waals surface area contributed by atoms with Gasteiger partial charge in [-0.1, -0.05) is 23.8 Å². The predicted octanol–water partition coefficient (Wildman–Crippen LogP) is 3.42. The summed E-state index contributed by atoms with van der Waals surface area (Å²) >= 11 is 0. The monoisotopic (exact) mass is 349 g/mol. The number of hydrogen-bond donors (Lipinski definition) is 1. The van der Waals surface area contributed by atoms with Gasteiger partial charge < -0.3 is 5.32 Å². The molecule has 24 heavy (non-hydrogen) atoms. The van der Waals surface area contributed by atoms with Crippen molar-refractivity contribution in [3.8, 4) is 0 Å². The molecule has 0 aromatic heterocycles. The van der Waals surface area contributed by atoms with Crippen LogP contribution in [0.3, 0.4) is 0 Å². The van der Waals surface area contributed by atoms with Crippen LogP contribution in [-0.2, 0) is 21.1 Å². The summed E-state index contributed by atoms with van der Waals surface area (Å²) in [7, 11) is -3.26. The van der Waals surface area contributed by atoms with E-state index in [0.717, 1.165) is 24.8 Å². The fourth-order valence-electron chi connectivity index (χ4n) is 2.81. The predicted molar refractivity (Wildman–Crippen MR) is 96.6 cm³/mol. The maximum absolute atomic E-state index is 12.1. The van der Waals surface area contributed by atoms with Crippen LogP contribution in [-0.4, -0.2) is 26.1 Å². The Balaban J connectivity index is 1.82. The first-order chi connectivity index (χ1) is 11.4. The van der Waals surface area contributed by atoms with Crippen molar-refractivity contribution < 1.29 is 13.2 Å². The van der Waals surface area contributed by atoms with Gasteiger partial charge in [-0.2, -0.15) is 0 Å². The van der Waals surface area contributed by atoms with Crippen LogP contribution in [0.4, 0.5) is 0 Å². The molecule has 0 fully saturated rings. The third-order valence-electron chi connectivity index (χ3n) is 4.39. The Labute approximate surface area is 145 Å². The minimum atomic E-state index is -3.26. The average molecular weight is 349 g/mol. The zero-order chi connectivity index (χ0) is 17.6. The van der Waals surface area contributed by atoms with Crippen LogP contribution in [0, 0.1) is 0 Å². The highest BCUT2D eigenvalue weighted by atomic mass is 32.2. The van der Waals surface area contributed by atoms with Crippen LogP contribution >= 0.6 is 0 Å². The van der Waals surface area contributed by atoms with Crippen LogP contribution in [0.2, 0.25) is 0 Å². The molecule has 0 atom stereocenters. The van der Waals surface area contributed by atoms with Gasteiger partial charge in [0.15, 0.2) is 9.84 Å². The summed E-state index contributed by atoms with van der Waals surface area (Å²) in [5.41, 5.74) is 2.27. The molecule has 1 aromatic rings. The van der Waals surface area contributed by atoms with Crippen molar-refractivity contribution in [2.75, 3.05) is 6.54 Å². The van der Waals surface area contributed by atoms with E-state index in [2.05, 4.69) is 11.4 Å². The Morgan fingerprint density at radius 1 is 1.17 bits per heavy atom. The molecule has 0 saturated heterocycles. The van der Waals surface area contributed by atoms with Crippen molar-refractivity contribution in [3.05, 3.63) is 41.5 Å². The van der Waals surface area contributed by atoms with Gasteiger partial charge in [-0.25, -0.2) is 8.42 Å². The topological polar surface area (TPSA) is 63.2 Å². The van der Waals surface area contributed by atoms with E-state index >= 15 is 0 Å². The highest BCUT2D eigenvalue weighted by Gasteiger charge is 2.18. The van der Waals surface area contributed by atoms with E-state index in [-0.39, 0.29) is 12.3 Å². The second-order valence-corrected chi connectivity index (χ2v) is 9.13. The van der Waals surface area contributed by atoms with E-state index in [1.807, 2.05) is 0 Å². The molecular weight excluding hydrogens is 322 g/mol. The molecule has 4 nitrogen and oxygen atoms in total. The summed E-state index contributed by atoms with van der Waals surface area (Å²) in [4.78, 5) is 12.3. The van der Waals surface area contributed by atoms with E-state index in [0.29, 0.717) is 11.4 Å². The number of allylic oxidation sites excluding steroid dienone is 1. The zero-order valence-electron chi connectivity index (χ0n) is 14.5. The van der Waals surface area contributed by atoms with Crippen LogP contribution in [0.25, 0.3) is 0 Å². The maximum atomic E-state index is 12.1. The van der Waals surface area contributed by atoms with Gasteiger partial charge in [0.2, 0.25) is 5.91 Å². The van der Waals surface area contributed by atoms with Crippen molar-refractivity contribution in [1.82, 2.24) is 5.32 Å². The molecule has 1 N–H and O–H groups in total. The first kappa shape index (κ1) is 18.7. The number of sulfone groups is 1. The SMILES string of the molecule is CC(C)S(=O)(=O)c1ccc(CC(=O)NCCC2=CCCCC2)cc1. The first-order valence-electron chi connectivity index (χ1n) is 8.67. The fraction of sp³-hybridized carbons (Fsp3) is 0.526. The second-order valence-electron chi connectivity index (χ2n) is 6.62. The van der Waals surface area contributed by atoms with Crippen LogP contribution < -0.4 is 5.32 Å². The molecule has 0 heterocycles. The van der Waals surface area contributed by atoms with E-state index in [1.54, 1.807) is 38.1 Å². The quantitative estimate of drug-likeness (QED) is 0.767. The van der Waals surface area contributed by atoms with E-state index in [4.69, 9.17) is 0 Å². The highest BCUT2D eigenvalue weighted by Crippen LogP contribution is 2.19. The Kier molecular flexibility index (Phi) is 6.60. The maximum Gasteiger partial charge on any atom is 0.224 e. The minimum Gasteiger partial charge on any atom is -0.355 e. The molecule has 132 valence electrons. The number of benzene rings is 1. The number of rotatable bonds is 7. The number of carbonyl (C=O) groups excluding carboxylic acids is 1. The molecule has 1 aliphatic rings. The summed E-state index contributed by atoms with van der Waals surface area (Å²) in [6.45, 7) is 4.00. The number of nitrogens with one attached hydrogen (secondary N) is 1. The van der Waals surface area contributed by atoms with E-state index in [9.17, 15) is 13.2 Å². The van der Waals surface area contributed by atoms with Gasteiger partial charge >= 0.3 is 0 Å². The largest absolute Gasteiger partial charge is 0.355 e. The third kappa shape index (κ3) is 5.20. The number of hydrogen-bond acceptors (Lipinski definition) is 3. The molecule has 2 rings (SSSR count). The third-order valence-corrected chi connectivity index (χ3v) is 6.56. The Morgan fingerprint density at radius 3 is 2.46 bits per heavy atom. The summed E-state index contributed by atoms with van der Waals surface area (Å²) in [6.07, 6.45) is 8.35. The molecule has 0 bridgehead atoms. The lowest BCUT2D eigenvalue weighted by Crippen LogP contribution is -2.26. The van der Waals surface area contributed by atoms with Gasteiger partial charge in [0.25, 0.3) is 0 Å². The second kappa shape index (κ2) is 8.47. The molecule has 5 heteroatoms. The lowest BCUT2D eigenvalue weighted by atomic mass is 9.97. The van der Waals surface area contributed by atoms with Crippen LogP contribution in [0.1, 0.15) is 51.5 Å². The smallest absolute Gasteiger partial charge is 0.224 e. The van der Waals surface area contributed by atoms with E-state index < -0.39 is 15.1 Å². The van der Waals surface area contributed by atoms with E-state index in [1.165, 1.54) is 18.4 Å². The lowest BCUT2D eigenvalue weighted by molar-refractivity contribution is -0.120. The molecule has 0 spiro atoms. The van der Waals surface area contributed by atoms with Gasteiger partial charge in [0.1, 0.15) is 0 Å². The fourth-order valence-corrected chi connectivity index (χ4v) is 3.87. The van der Waals surface area contributed by atoms with Gasteiger partial charge in [-0.3, -0.25) is 4.79 Å². The highest BCUT2D eigenvalue weighted by molar-refractivity contribution is 7.92. The molecule has 1 amide bonds. The standard InChI is InChI=1S/C19H27NO3S/c1-15(2)24(22,23)18-10-8-17(9-11-18)14-19(21)20-13-12-16-6-4-3-5-7-16/h6,8-11,15H,3-5,7,12-14H2,1-2H3,(H,20,21). The van der Waals surface area contributed by atoms with Gasteiger partial charge in [0.05, 0.1) is 16.6 Å². The van der Waals surface area contributed by atoms with Gasteiger partial charge in [-0.15, -0.1) is 0 Å². The molecule has 0 unspecified atom stereocenters. The lowest BCUT2D eigenvalue weighted by Gasteiger charge is -2.13. The molecule has 1 aliphatic carbocycles. The number of carbonyl (C=O) groups is 1. The molecule has 0 radical (unpaired) electrons. The Morgan fingerprint density at radius 2 is 1.88 bits per heavy atom. The minimum absolute atomic E-state index is 0.0223. The number of amides is 1. The van der Waals surface area contributed by atoms with Crippen molar-refractivity contribution in [3.63, 3.8) is 0 Å². The Hall–Kier alpha value is -1.62. The summed E-state index contributed by atoms with van der Waals surface area (Å²) in [5, 5.41) is 2.50. The summed E-state index contributed by atoms with van der Waals surface area (Å²) in [5.74, 6) is -0.0223. The summed E-state index contributed by atoms with van der Waals surface area (Å²) < 4.78 is 24.1. The molecule has 0 aliphatic heterocycles. The summed E-state index contributed by atoms with van der Waals surface area (Å²) in [6, 6.07) is 6.62. The van der Waals surface area contributed by atoms with Crippen LogP contribution in [0.5, 0.6) is 0 Å². The van der Waals surface area contributed by atoms with Crippen molar-refractivity contribution in [1.29, 1.82) is 0 Å². The Bertz CT molecular complexity index is 688.